The van der Waals surface area contributed by atoms with Crippen LogP contribution in [0.25, 0.3) is 0 Å². The van der Waals surface area contributed by atoms with Gasteiger partial charge in [-0.25, -0.2) is 4.39 Å². The summed E-state index contributed by atoms with van der Waals surface area (Å²) in [6.45, 7) is 2.55. The molecule has 0 heterocycles. The van der Waals surface area contributed by atoms with Crippen LogP contribution in [0.5, 0.6) is 0 Å². The molecule has 1 aromatic rings. The lowest BCUT2D eigenvalue weighted by molar-refractivity contribution is -0.134. The summed E-state index contributed by atoms with van der Waals surface area (Å²) < 4.78 is 12.9. The second kappa shape index (κ2) is 6.15. The van der Waals surface area contributed by atoms with E-state index in [9.17, 15) is 9.18 Å². The molecule has 1 atom stereocenters. The average Bonchev–Trinajstić information content (AvgIpc) is 3.22. The number of hydrogen-bond acceptors (Lipinski definition) is 2. The predicted molar refractivity (Wildman–Crippen MR) is 72.9 cm³/mol. The molecule has 1 saturated carbocycles. The van der Waals surface area contributed by atoms with Gasteiger partial charge in [-0.2, -0.15) is 0 Å². The lowest BCUT2D eigenvalue weighted by Gasteiger charge is -2.25. The van der Waals surface area contributed by atoms with E-state index in [0.29, 0.717) is 19.0 Å². The summed E-state index contributed by atoms with van der Waals surface area (Å²) in [5, 5.41) is 0. The fourth-order valence-corrected chi connectivity index (χ4v) is 2.21. The molecule has 1 amide bonds. The molecule has 4 heteroatoms. The van der Waals surface area contributed by atoms with Crippen LogP contribution in [-0.4, -0.2) is 22.9 Å². The number of carbonyl (C=O) groups excluding carboxylic acids is 1. The molecule has 0 spiro atoms. The van der Waals surface area contributed by atoms with Gasteiger partial charge < -0.3 is 10.6 Å². The van der Waals surface area contributed by atoms with Gasteiger partial charge in [-0.1, -0.05) is 25.5 Å². The van der Waals surface area contributed by atoms with E-state index in [2.05, 4.69) is 0 Å². The van der Waals surface area contributed by atoms with Crippen molar-refractivity contribution >= 4 is 5.91 Å². The first-order valence-corrected chi connectivity index (χ1v) is 6.92. The van der Waals surface area contributed by atoms with Crippen molar-refractivity contribution in [1.82, 2.24) is 4.90 Å². The summed E-state index contributed by atoms with van der Waals surface area (Å²) >= 11 is 0. The van der Waals surface area contributed by atoms with Crippen LogP contribution >= 0.6 is 0 Å². The van der Waals surface area contributed by atoms with Gasteiger partial charge in [0.1, 0.15) is 5.82 Å². The minimum atomic E-state index is -0.411. The molecule has 2 N–H and O–H groups in total. The SMILES string of the molecule is CCCC(N)C(=O)N(Cc1ccc(F)cc1)C1CC1. The van der Waals surface area contributed by atoms with E-state index in [1.807, 2.05) is 11.8 Å². The molecule has 1 aromatic carbocycles. The second-order valence-electron chi connectivity index (χ2n) is 5.22. The lowest BCUT2D eigenvalue weighted by atomic mass is 10.1. The van der Waals surface area contributed by atoms with E-state index in [1.165, 1.54) is 12.1 Å². The molecule has 1 aliphatic carbocycles. The van der Waals surface area contributed by atoms with Gasteiger partial charge in [-0.05, 0) is 37.0 Å². The molecule has 0 saturated heterocycles. The summed E-state index contributed by atoms with van der Waals surface area (Å²) in [6, 6.07) is 6.21. The first-order valence-electron chi connectivity index (χ1n) is 6.92. The number of nitrogens with zero attached hydrogens (tertiary/aromatic N) is 1. The van der Waals surface area contributed by atoms with Crippen LogP contribution in [0.3, 0.4) is 0 Å². The molecule has 3 nitrogen and oxygen atoms in total. The number of amides is 1. The maximum Gasteiger partial charge on any atom is 0.240 e. The summed E-state index contributed by atoms with van der Waals surface area (Å²) in [7, 11) is 0. The van der Waals surface area contributed by atoms with E-state index >= 15 is 0 Å². The maximum atomic E-state index is 12.9. The van der Waals surface area contributed by atoms with Crippen LogP contribution in [-0.2, 0) is 11.3 Å². The topological polar surface area (TPSA) is 46.3 Å². The quantitative estimate of drug-likeness (QED) is 0.857. The van der Waals surface area contributed by atoms with Crippen molar-refractivity contribution in [2.75, 3.05) is 0 Å². The largest absolute Gasteiger partial charge is 0.334 e. The van der Waals surface area contributed by atoms with Gasteiger partial charge in [0.25, 0.3) is 0 Å². The second-order valence-corrected chi connectivity index (χ2v) is 5.22. The first-order chi connectivity index (χ1) is 9.11. The fourth-order valence-electron chi connectivity index (χ4n) is 2.21. The average molecular weight is 264 g/mol. The van der Waals surface area contributed by atoms with Crippen LogP contribution in [0.15, 0.2) is 24.3 Å². The Morgan fingerprint density at radius 2 is 2.05 bits per heavy atom. The minimum absolute atomic E-state index is 0.0219. The number of nitrogens with two attached hydrogens (primary N) is 1. The van der Waals surface area contributed by atoms with Gasteiger partial charge in [-0.15, -0.1) is 0 Å². The van der Waals surface area contributed by atoms with Crippen molar-refractivity contribution in [2.24, 2.45) is 5.73 Å². The number of hydrogen-bond donors (Lipinski definition) is 1. The van der Waals surface area contributed by atoms with Crippen molar-refractivity contribution in [3.05, 3.63) is 35.6 Å². The lowest BCUT2D eigenvalue weighted by Crippen LogP contribution is -2.44. The normalized spacial score (nSPS) is 16.2. The number of benzene rings is 1. The van der Waals surface area contributed by atoms with Crippen molar-refractivity contribution in [3.8, 4) is 0 Å². The molecule has 1 aliphatic rings. The predicted octanol–water partition coefficient (Wildman–Crippen LogP) is 2.44. The van der Waals surface area contributed by atoms with Gasteiger partial charge in [-0.3, -0.25) is 4.79 Å². The van der Waals surface area contributed by atoms with E-state index < -0.39 is 6.04 Å². The summed E-state index contributed by atoms with van der Waals surface area (Å²) in [5.74, 6) is -0.232. The molecule has 1 unspecified atom stereocenters. The van der Waals surface area contributed by atoms with Crippen LogP contribution in [0.1, 0.15) is 38.2 Å². The highest BCUT2D eigenvalue weighted by atomic mass is 19.1. The van der Waals surface area contributed by atoms with Crippen LogP contribution in [0.2, 0.25) is 0 Å². The zero-order valence-corrected chi connectivity index (χ0v) is 11.3. The van der Waals surface area contributed by atoms with E-state index in [1.54, 1.807) is 12.1 Å². The third-order valence-electron chi connectivity index (χ3n) is 3.45. The van der Waals surface area contributed by atoms with E-state index in [4.69, 9.17) is 5.73 Å². The Morgan fingerprint density at radius 1 is 1.42 bits per heavy atom. The molecule has 0 radical (unpaired) electrons. The molecular weight excluding hydrogens is 243 g/mol. The zero-order valence-electron chi connectivity index (χ0n) is 11.3. The highest BCUT2D eigenvalue weighted by molar-refractivity contribution is 5.82. The van der Waals surface area contributed by atoms with E-state index in [-0.39, 0.29) is 11.7 Å². The zero-order chi connectivity index (χ0) is 13.8. The standard InChI is InChI=1S/C15H21FN2O/c1-2-3-14(17)15(19)18(13-8-9-13)10-11-4-6-12(16)7-5-11/h4-7,13-14H,2-3,8-10,17H2,1H3. The smallest absolute Gasteiger partial charge is 0.240 e. The molecule has 0 bridgehead atoms. The van der Waals surface area contributed by atoms with Crippen LogP contribution in [0.4, 0.5) is 4.39 Å². The number of carbonyl (C=O) groups is 1. The van der Waals surface area contributed by atoms with Crippen LogP contribution in [0, 0.1) is 5.82 Å². The Hall–Kier alpha value is -1.42. The molecule has 1 fully saturated rings. The van der Waals surface area contributed by atoms with Gasteiger partial charge in [0.2, 0.25) is 5.91 Å². The Bertz CT molecular complexity index is 428. The van der Waals surface area contributed by atoms with Gasteiger partial charge >= 0.3 is 0 Å². The Balaban J connectivity index is 2.04. The molecule has 2 rings (SSSR count). The van der Waals surface area contributed by atoms with Crippen molar-refractivity contribution < 1.29 is 9.18 Å². The molecular formula is C15H21FN2O. The van der Waals surface area contributed by atoms with Gasteiger partial charge in [0, 0.05) is 12.6 Å². The Labute approximate surface area is 113 Å². The fraction of sp³-hybridized carbons (Fsp3) is 0.533. The van der Waals surface area contributed by atoms with Crippen molar-refractivity contribution in [3.63, 3.8) is 0 Å². The molecule has 104 valence electrons. The van der Waals surface area contributed by atoms with Crippen molar-refractivity contribution in [2.45, 2.75) is 51.2 Å². The third kappa shape index (κ3) is 3.77. The highest BCUT2D eigenvalue weighted by Gasteiger charge is 2.34. The summed E-state index contributed by atoms with van der Waals surface area (Å²) in [6.07, 6.45) is 3.71. The maximum absolute atomic E-state index is 12.9. The summed E-state index contributed by atoms with van der Waals surface area (Å²) in [4.78, 5) is 14.2. The molecule has 0 aliphatic heterocycles. The third-order valence-corrected chi connectivity index (χ3v) is 3.45. The number of rotatable bonds is 6. The van der Waals surface area contributed by atoms with Crippen molar-refractivity contribution in [1.29, 1.82) is 0 Å². The van der Waals surface area contributed by atoms with Gasteiger partial charge in [0.15, 0.2) is 0 Å². The molecule has 0 aromatic heterocycles. The monoisotopic (exact) mass is 264 g/mol. The minimum Gasteiger partial charge on any atom is -0.334 e. The number of halogens is 1. The highest BCUT2D eigenvalue weighted by Crippen LogP contribution is 2.29. The Morgan fingerprint density at radius 3 is 2.58 bits per heavy atom. The first kappa shape index (κ1) is 14.0. The van der Waals surface area contributed by atoms with Crippen LogP contribution < -0.4 is 5.73 Å². The van der Waals surface area contributed by atoms with E-state index in [0.717, 1.165) is 24.8 Å². The summed E-state index contributed by atoms with van der Waals surface area (Å²) in [5.41, 5.74) is 6.87. The molecule has 19 heavy (non-hydrogen) atoms. The van der Waals surface area contributed by atoms with Gasteiger partial charge in [0.05, 0.1) is 6.04 Å². The Kier molecular flexibility index (Phi) is 4.53.